The summed E-state index contributed by atoms with van der Waals surface area (Å²) in [6.45, 7) is 0.597. The topological polar surface area (TPSA) is 32.3 Å². The maximum atomic E-state index is 12.5. The molecule has 1 aliphatic heterocycles. The minimum Gasteiger partial charge on any atom is -0.335 e. The number of piperidine rings is 1. The first-order valence-corrected chi connectivity index (χ1v) is 6.52. The predicted molar refractivity (Wildman–Crippen MR) is 69.0 cm³/mol. The summed E-state index contributed by atoms with van der Waals surface area (Å²) in [5.41, 5.74) is 1.03. The molecule has 1 aliphatic rings. The highest BCUT2D eigenvalue weighted by Crippen LogP contribution is 2.28. The molecule has 0 saturated carbocycles. The van der Waals surface area contributed by atoms with Crippen LogP contribution in [0.25, 0.3) is 0 Å². The van der Waals surface area contributed by atoms with E-state index in [2.05, 4.69) is 5.32 Å². The van der Waals surface area contributed by atoms with E-state index in [4.69, 9.17) is 0 Å². The van der Waals surface area contributed by atoms with Gasteiger partial charge in [0.1, 0.15) is 0 Å². The number of nitrogens with one attached hydrogen (secondary N) is 1. The van der Waals surface area contributed by atoms with E-state index in [-0.39, 0.29) is 6.04 Å². The van der Waals surface area contributed by atoms with E-state index in [9.17, 15) is 18.0 Å². The van der Waals surface area contributed by atoms with Gasteiger partial charge < -0.3 is 10.2 Å². The van der Waals surface area contributed by atoms with Gasteiger partial charge in [-0.2, -0.15) is 13.2 Å². The summed E-state index contributed by atoms with van der Waals surface area (Å²) in [7, 11) is 1.23. The second-order valence-electron chi connectivity index (χ2n) is 5.01. The van der Waals surface area contributed by atoms with Crippen LogP contribution >= 0.6 is 0 Å². The van der Waals surface area contributed by atoms with E-state index in [0.717, 1.165) is 10.5 Å². The Morgan fingerprint density at radius 2 is 1.95 bits per heavy atom. The summed E-state index contributed by atoms with van der Waals surface area (Å²) in [5.74, 6) is -1.77. The van der Waals surface area contributed by atoms with Crippen LogP contribution in [0.3, 0.4) is 0 Å². The van der Waals surface area contributed by atoms with Crippen LogP contribution in [0.2, 0.25) is 0 Å². The minimum absolute atomic E-state index is 0.0153. The number of alkyl halides is 3. The van der Waals surface area contributed by atoms with E-state index >= 15 is 0 Å². The average Bonchev–Trinajstić information content (AvgIpc) is 2.46. The molecule has 0 bridgehead atoms. The molecular weight excluding hydrogens is 269 g/mol. The molecule has 2 rings (SSSR count). The molecule has 1 N–H and O–H groups in total. The first-order chi connectivity index (χ1) is 9.39. The van der Waals surface area contributed by atoms with Gasteiger partial charge in [-0.25, -0.2) is 0 Å². The van der Waals surface area contributed by atoms with Crippen molar-refractivity contribution in [2.75, 3.05) is 13.6 Å². The van der Waals surface area contributed by atoms with Gasteiger partial charge in [-0.3, -0.25) is 4.79 Å². The number of carbonyl (C=O) groups is 1. The lowest BCUT2D eigenvalue weighted by Crippen LogP contribution is -2.49. The largest absolute Gasteiger partial charge is 0.471 e. The normalized spacial score (nSPS) is 23.4. The van der Waals surface area contributed by atoms with Gasteiger partial charge in [0.15, 0.2) is 0 Å². The fraction of sp³-hybridized carbons (Fsp3) is 0.500. The highest BCUT2D eigenvalue weighted by atomic mass is 19.4. The predicted octanol–water partition coefficient (Wildman–Crippen LogP) is 2.50. The molecule has 2 unspecified atom stereocenters. The summed E-state index contributed by atoms with van der Waals surface area (Å²) in [6, 6.07) is 9.14. The molecule has 1 saturated heterocycles. The Balaban J connectivity index is 2.06. The van der Waals surface area contributed by atoms with Crippen LogP contribution in [0.15, 0.2) is 30.3 Å². The van der Waals surface area contributed by atoms with Crippen molar-refractivity contribution in [2.24, 2.45) is 0 Å². The third kappa shape index (κ3) is 3.30. The lowest BCUT2D eigenvalue weighted by atomic mass is 9.93. The SMILES string of the molecule is CN(C(=O)C(F)(F)F)C1CCNC(c2ccccc2)C1. The number of benzene rings is 1. The van der Waals surface area contributed by atoms with Crippen LogP contribution in [-0.4, -0.2) is 36.6 Å². The highest BCUT2D eigenvalue weighted by molar-refractivity contribution is 5.81. The van der Waals surface area contributed by atoms with Crippen molar-refractivity contribution in [1.82, 2.24) is 10.2 Å². The summed E-state index contributed by atoms with van der Waals surface area (Å²) in [6.07, 6.45) is -3.79. The number of hydrogen-bond donors (Lipinski definition) is 1. The standard InChI is InChI=1S/C14H17F3N2O/c1-19(13(20)14(15,16)17)11-7-8-18-12(9-11)10-5-3-2-4-6-10/h2-6,11-12,18H,7-9H2,1H3. The molecule has 1 fully saturated rings. The smallest absolute Gasteiger partial charge is 0.335 e. The zero-order valence-electron chi connectivity index (χ0n) is 11.2. The number of rotatable bonds is 2. The molecule has 2 atom stereocenters. The van der Waals surface area contributed by atoms with E-state index < -0.39 is 18.1 Å². The summed E-state index contributed by atoms with van der Waals surface area (Å²) in [4.78, 5) is 12.1. The van der Waals surface area contributed by atoms with E-state index in [0.29, 0.717) is 19.4 Å². The van der Waals surface area contributed by atoms with Crippen molar-refractivity contribution in [2.45, 2.75) is 31.1 Å². The maximum Gasteiger partial charge on any atom is 0.471 e. The Morgan fingerprint density at radius 1 is 1.30 bits per heavy atom. The summed E-state index contributed by atoms with van der Waals surface area (Å²) >= 11 is 0. The Morgan fingerprint density at radius 3 is 2.55 bits per heavy atom. The van der Waals surface area contributed by atoms with Gasteiger partial charge in [0.25, 0.3) is 0 Å². The van der Waals surface area contributed by atoms with Crippen LogP contribution in [0, 0.1) is 0 Å². The fourth-order valence-electron chi connectivity index (χ4n) is 2.55. The molecule has 1 aromatic carbocycles. The minimum atomic E-state index is -4.80. The van der Waals surface area contributed by atoms with Crippen LogP contribution in [0.5, 0.6) is 0 Å². The molecule has 1 heterocycles. The zero-order chi connectivity index (χ0) is 14.8. The Labute approximate surface area is 115 Å². The van der Waals surface area contributed by atoms with Gasteiger partial charge in [-0.05, 0) is 24.9 Å². The van der Waals surface area contributed by atoms with Crippen molar-refractivity contribution in [3.8, 4) is 0 Å². The molecule has 6 heteroatoms. The van der Waals surface area contributed by atoms with Gasteiger partial charge >= 0.3 is 12.1 Å². The molecule has 0 spiro atoms. The Bertz CT molecular complexity index is 461. The number of amides is 1. The molecule has 20 heavy (non-hydrogen) atoms. The first kappa shape index (κ1) is 14.8. The second kappa shape index (κ2) is 5.83. The molecule has 3 nitrogen and oxygen atoms in total. The van der Waals surface area contributed by atoms with Crippen molar-refractivity contribution in [1.29, 1.82) is 0 Å². The lowest BCUT2D eigenvalue weighted by Gasteiger charge is -2.36. The number of carbonyl (C=O) groups excluding carboxylic acids is 1. The fourth-order valence-corrected chi connectivity index (χ4v) is 2.55. The van der Waals surface area contributed by atoms with Gasteiger partial charge in [0, 0.05) is 19.1 Å². The molecule has 0 aromatic heterocycles. The molecule has 1 amide bonds. The third-order valence-electron chi connectivity index (χ3n) is 3.69. The van der Waals surface area contributed by atoms with Gasteiger partial charge in [-0.1, -0.05) is 30.3 Å². The van der Waals surface area contributed by atoms with Gasteiger partial charge in [-0.15, -0.1) is 0 Å². The quantitative estimate of drug-likeness (QED) is 0.906. The number of halogens is 3. The van der Waals surface area contributed by atoms with Gasteiger partial charge in [0.2, 0.25) is 0 Å². The van der Waals surface area contributed by atoms with Crippen LogP contribution < -0.4 is 5.32 Å². The zero-order valence-corrected chi connectivity index (χ0v) is 11.2. The monoisotopic (exact) mass is 286 g/mol. The van der Waals surface area contributed by atoms with Gasteiger partial charge in [0.05, 0.1) is 0 Å². The van der Waals surface area contributed by atoms with Crippen LogP contribution in [-0.2, 0) is 4.79 Å². The van der Waals surface area contributed by atoms with Crippen LogP contribution in [0.1, 0.15) is 24.4 Å². The van der Waals surface area contributed by atoms with E-state index in [1.54, 1.807) is 0 Å². The van der Waals surface area contributed by atoms with Crippen molar-refractivity contribution in [3.63, 3.8) is 0 Å². The molecule has 1 aromatic rings. The number of nitrogens with zero attached hydrogens (tertiary/aromatic N) is 1. The summed E-state index contributed by atoms with van der Waals surface area (Å²) < 4.78 is 37.4. The highest BCUT2D eigenvalue weighted by Gasteiger charge is 2.43. The van der Waals surface area contributed by atoms with Crippen molar-refractivity contribution < 1.29 is 18.0 Å². The Hall–Kier alpha value is -1.56. The van der Waals surface area contributed by atoms with Crippen molar-refractivity contribution in [3.05, 3.63) is 35.9 Å². The third-order valence-corrected chi connectivity index (χ3v) is 3.69. The second-order valence-corrected chi connectivity index (χ2v) is 5.01. The molecule has 110 valence electrons. The molecule has 0 aliphatic carbocycles. The average molecular weight is 286 g/mol. The van der Waals surface area contributed by atoms with E-state index in [1.165, 1.54) is 7.05 Å². The molecule has 0 radical (unpaired) electrons. The van der Waals surface area contributed by atoms with Crippen LogP contribution in [0.4, 0.5) is 13.2 Å². The number of hydrogen-bond acceptors (Lipinski definition) is 2. The van der Waals surface area contributed by atoms with E-state index in [1.807, 2.05) is 30.3 Å². The molecular formula is C14H17F3N2O. The lowest BCUT2D eigenvalue weighted by molar-refractivity contribution is -0.186. The van der Waals surface area contributed by atoms with Crippen molar-refractivity contribution >= 4 is 5.91 Å². The first-order valence-electron chi connectivity index (χ1n) is 6.52. The maximum absolute atomic E-state index is 12.5. The Kier molecular flexibility index (Phi) is 4.32. The summed E-state index contributed by atoms with van der Waals surface area (Å²) in [5, 5.41) is 3.28.